The molecule has 90 valence electrons. The predicted molar refractivity (Wildman–Crippen MR) is 68.0 cm³/mol. The fourth-order valence-corrected chi connectivity index (χ4v) is 2.91. The Bertz CT molecular complexity index is 399. The maximum atomic E-state index is 5.32. The minimum absolute atomic E-state index is 0.435. The Morgan fingerprint density at radius 3 is 2.75 bits per heavy atom. The lowest BCUT2D eigenvalue weighted by molar-refractivity contribution is 0.276. The Labute approximate surface area is 102 Å². The van der Waals surface area contributed by atoms with Gasteiger partial charge in [-0.25, -0.2) is 0 Å². The number of aryl methyl sites for hydroxylation is 1. The van der Waals surface area contributed by atoms with Gasteiger partial charge in [0.15, 0.2) is 4.77 Å². The monoisotopic (exact) mass is 239 g/mol. The highest BCUT2D eigenvalue weighted by Gasteiger charge is 2.29. The van der Waals surface area contributed by atoms with Gasteiger partial charge in [0.05, 0.1) is 0 Å². The zero-order valence-electron chi connectivity index (χ0n) is 10.3. The van der Waals surface area contributed by atoms with Crippen molar-refractivity contribution in [3.63, 3.8) is 0 Å². The molecule has 1 heterocycles. The standard InChI is InChI=1S/C12H21N3S/c1-3-6-10-13-14-11(16)15(10)9-12(2)7-4-5-8-12/h3-9H2,1-2H3,(H,14,16). The van der Waals surface area contributed by atoms with Gasteiger partial charge in [0.25, 0.3) is 0 Å². The SMILES string of the molecule is CCCc1n[nH]c(=S)n1CC1(C)CCCC1. The average Bonchev–Trinajstić information content (AvgIpc) is 2.80. The molecule has 0 aliphatic heterocycles. The average molecular weight is 239 g/mol. The Kier molecular flexibility index (Phi) is 3.47. The van der Waals surface area contributed by atoms with Crippen LogP contribution in [0, 0.1) is 10.2 Å². The number of aromatic amines is 1. The topological polar surface area (TPSA) is 33.6 Å². The van der Waals surface area contributed by atoms with Crippen LogP contribution in [0.4, 0.5) is 0 Å². The van der Waals surface area contributed by atoms with E-state index in [0.29, 0.717) is 5.41 Å². The van der Waals surface area contributed by atoms with E-state index in [1.165, 1.54) is 25.7 Å². The largest absolute Gasteiger partial charge is 0.304 e. The number of rotatable bonds is 4. The summed E-state index contributed by atoms with van der Waals surface area (Å²) in [6, 6.07) is 0. The molecule has 1 fully saturated rings. The first kappa shape index (κ1) is 11.8. The van der Waals surface area contributed by atoms with E-state index in [0.717, 1.165) is 30.0 Å². The van der Waals surface area contributed by atoms with Crippen LogP contribution >= 0.6 is 12.2 Å². The smallest absolute Gasteiger partial charge is 0.195 e. The highest BCUT2D eigenvalue weighted by atomic mass is 32.1. The molecule has 1 N–H and O–H groups in total. The second-order valence-corrected chi connectivity index (χ2v) is 5.69. The van der Waals surface area contributed by atoms with E-state index in [9.17, 15) is 0 Å². The summed E-state index contributed by atoms with van der Waals surface area (Å²) in [7, 11) is 0. The second-order valence-electron chi connectivity index (χ2n) is 5.30. The number of hydrogen-bond acceptors (Lipinski definition) is 2. The molecule has 0 unspecified atom stereocenters. The van der Waals surface area contributed by atoms with Crippen LogP contribution in [-0.2, 0) is 13.0 Å². The third-order valence-corrected chi connectivity index (χ3v) is 3.97. The molecule has 1 aromatic heterocycles. The molecule has 1 aliphatic carbocycles. The summed E-state index contributed by atoms with van der Waals surface area (Å²) in [5.74, 6) is 1.13. The van der Waals surface area contributed by atoms with Crippen molar-refractivity contribution in [1.29, 1.82) is 0 Å². The van der Waals surface area contributed by atoms with Gasteiger partial charge in [0.2, 0.25) is 0 Å². The molecule has 1 aliphatic rings. The minimum atomic E-state index is 0.435. The Hall–Kier alpha value is -0.640. The first-order valence-electron chi connectivity index (χ1n) is 6.29. The van der Waals surface area contributed by atoms with E-state index >= 15 is 0 Å². The first-order valence-corrected chi connectivity index (χ1v) is 6.69. The van der Waals surface area contributed by atoms with Gasteiger partial charge >= 0.3 is 0 Å². The minimum Gasteiger partial charge on any atom is -0.304 e. The summed E-state index contributed by atoms with van der Waals surface area (Å²) in [6.45, 7) is 5.60. The summed E-state index contributed by atoms with van der Waals surface area (Å²) in [4.78, 5) is 0. The van der Waals surface area contributed by atoms with Crippen molar-refractivity contribution in [2.24, 2.45) is 5.41 Å². The summed E-state index contributed by atoms with van der Waals surface area (Å²) < 4.78 is 3.00. The van der Waals surface area contributed by atoms with Crippen LogP contribution in [0.5, 0.6) is 0 Å². The third kappa shape index (κ3) is 2.37. The Balaban J connectivity index is 2.19. The van der Waals surface area contributed by atoms with Gasteiger partial charge in [-0.15, -0.1) is 0 Å². The van der Waals surface area contributed by atoms with Crippen molar-refractivity contribution >= 4 is 12.2 Å². The highest BCUT2D eigenvalue weighted by Crippen LogP contribution is 2.39. The molecule has 3 nitrogen and oxygen atoms in total. The van der Waals surface area contributed by atoms with E-state index in [1.54, 1.807) is 0 Å². The van der Waals surface area contributed by atoms with Crippen LogP contribution in [0.3, 0.4) is 0 Å². The zero-order valence-corrected chi connectivity index (χ0v) is 11.1. The van der Waals surface area contributed by atoms with E-state index in [4.69, 9.17) is 12.2 Å². The first-order chi connectivity index (χ1) is 7.64. The van der Waals surface area contributed by atoms with Crippen LogP contribution in [0.15, 0.2) is 0 Å². The van der Waals surface area contributed by atoms with E-state index in [1.807, 2.05) is 0 Å². The molecule has 1 saturated carbocycles. The van der Waals surface area contributed by atoms with E-state index in [2.05, 4.69) is 28.6 Å². The van der Waals surface area contributed by atoms with Gasteiger partial charge in [-0.3, -0.25) is 5.10 Å². The van der Waals surface area contributed by atoms with Crippen molar-refractivity contribution in [2.75, 3.05) is 0 Å². The molecule has 0 bridgehead atoms. The molecule has 0 atom stereocenters. The maximum absolute atomic E-state index is 5.32. The Morgan fingerprint density at radius 2 is 2.12 bits per heavy atom. The van der Waals surface area contributed by atoms with Crippen molar-refractivity contribution in [3.8, 4) is 0 Å². The quantitative estimate of drug-likeness (QED) is 0.816. The zero-order chi connectivity index (χ0) is 11.6. The lowest BCUT2D eigenvalue weighted by atomic mass is 9.89. The van der Waals surface area contributed by atoms with Crippen LogP contribution in [0.25, 0.3) is 0 Å². The number of nitrogens with one attached hydrogen (secondary N) is 1. The second kappa shape index (κ2) is 4.70. The molecule has 2 rings (SSSR count). The molecule has 0 aromatic carbocycles. The molecule has 16 heavy (non-hydrogen) atoms. The number of H-pyrrole nitrogens is 1. The summed E-state index contributed by atoms with van der Waals surface area (Å²) in [5, 5.41) is 7.25. The Morgan fingerprint density at radius 1 is 1.44 bits per heavy atom. The van der Waals surface area contributed by atoms with E-state index < -0.39 is 0 Å². The number of nitrogens with zero attached hydrogens (tertiary/aromatic N) is 2. The maximum Gasteiger partial charge on any atom is 0.195 e. The molecule has 4 heteroatoms. The predicted octanol–water partition coefficient (Wildman–Crippen LogP) is 3.47. The fourth-order valence-electron chi connectivity index (χ4n) is 2.70. The van der Waals surface area contributed by atoms with Gasteiger partial charge < -0.3 is 4.57 Å². The highest BCUT2D eigenvalue weighted by molar-refractivity contribution is 7.71. The summed E-state index contributed by atoms with van der Waals surface area (Å²) in [5.41, 5.74) is 0.435. The molecular formula is C12H21N3S. The molecule has 1 aromatic rings. The van der Waals surface area contributed by atoms with Gasteiger partial charge in [0, 0.05) is 13.0 Å². The van der Waals surface area contributed by atoms with Crippen LogP contribution in [0.1, 0.15) is 51.8 Å². The lowest BCUT2D eigenvalue weighted by Crippen LogP contribution is -2.21. The molecular weight excluding hydrogens is 218 g/mol. The van der Waals surface area contributed by atoms with Crippen molar-refractivity contribution < 1.29 is 0 Å². The van der Waals surface area contributed by atoms with Gasteiger partial charge in [-0.2, -0.15) is 5.10 Å². The lowest BCUT2D eigenvalue weighted by Gasteiger charge is -2.24. The van der Waals surface area contributed by atoms with Gasteiger partial charge in [0.1, 0.15) is 5.82 Å². The van der Waals surface area contributed by atoms with Crippen molar-refractivity contribution in [3.05, 3.63) is 10.6 Å². The molecule has 0 radical (unpaired) electrons. The number of aromatic nitrogens is 3. The molecule has 0 saturated heterocycles. The third-order valence-electron chi connectivity index (χ3n) is 3.66. The van der Waals surface area contributed by atoms with Crippen LogP contribution in [-0.4, -0.2) is 14.8 Å². The van der Waals surface area contributed by atoms with Crippen molar-refractivity contribution in [1.82, 2.24) is 14.8 Å². The molecule has 0 amide bonds. The van der Waals surface area contributed by atoms with Gasteiger partial charge in [-0.1, -0.05) is 26.7 Å². The number of hydrogen-bond donors (Lipinski definition) is 1. The van der Waals surface area contributed by atoms with Crippen molar-refractivity contribution in [2.45, 2.75) is 58.9 Å². The van der Waals surface area contributed by atoms with Gasteiger partial charge in [-0.05, 0) is 36.9 Å². The fraction of sp³-hybridized carbons (Fsp3) is 0.833. The summed E-state index contributed by atoms with van der Waals surface area (Å²) in [6.07, 6.45) is 7.52. The summed E-state index contributed by atoms with van der Waals surface area (Å²) >= 11 is 5.32. The van der Waals surface area contributed by atoms with Crippen LogP contribution < -0.4 is 0 Å². The normalized spacial score (nSPS) is 19.1. The van der Waals surface area contributed by atoms with E-state index in [-0.39, 0.29) is 0 Å². The van der Waals surface area contributed by atoms with Crippen LogP contribution in [0.2, 0.25) is 0 Å². The molecule has 0 spiro atoms.